The fraction of sp³-hybridized carbons (Fsp3) is 0.286. The van der Waals surface area contributed by atoms with E-state index in [2.05, 4.69) is 41.7 Å². The third-order valence-corrected chi connectivity index (χ3v) is 7.74. The van der Waals surface area contributed by atoms with Crippen LogP contribution in [0.5, 0.6) is 0 Å². The summed E-state index contributed by atoms with van der Waals surface area (Å²) in [7, 11) is 0. The van der Waals surface area contributed by atoms with Gasteiger partial charge in [0, 0.05) is 25.2 Å². The Hall–Kier alpha value is -3.22. The number of benzene rings is 2. The fourth-order valence-electron chi connectivity index (χ4n) is 4.83. The quantitative estimate of drug-likeness (QED) is 0.377. The van der Waals surface area contributed by atoms with Gasteiger partial charge < -0.3 is 15.3 Å². The zero-order chi connectivity index (χ0) is 23.5. The summed E-state index contributed by atoms with van der Waals surface area (Å²) in [5, 5.41) is 15.3. The van der Waals surface area contributed by atoms with E-state index >= 15 is 0 Å². The molecule has 2 aromatic carbocycles. The van der Waals surface area contributed by atoms with Crippen LogP contribution in [0.25, 0.3) is 10.2 Å². The van der Waals surface area contributed by atoms with E-state index in [1.54, 1.807) is 0 Å². The highest BCUT2D eigenvalue weighted by Crippen LogP contribution is 2.37. The van der Waals surface area contributed by atoms with Crippen molar-refractivity contribution in [2.75, 3.05) is 18.4 Å². The van der Waals surface area contributed by atoms with Crippen LogP contribution in [-0.4, -0.2) is 34.0 Å². The molecule has 0 bridgehead atoms. The monoisotopic (exact) mass is 471 g/mol. The molecule has 0 saturated carbocycles. The number of anilines is 1. The van der Waals surface area contributed by atoms with Crippen LogP contribution < -0.4 is 5.32 Å². The highest BCUT2D eigenvalue weighted by atomic mass is 32.1. The summed E-state index contributed by atoms with van der Waals surface area (Å²) < 4.78 is 0.924. The lowest BCUT2D eigenvalue weighted by Gasteiger charge is -2.33. The van der Waals surface area contributed by atoms with Gasteiger partial charge in [-0.1, -0.05) is 60.7 Å². The number of amides is 1. The van der Waals surface area contributed by atoms with Crippen LogP contribution in [0.15, 0.2) is 66.0 Å². The van der Waals surface area contributed by atoms with Gasteiger partial charge in [0.2, 0.25) is 0 Å². The minimum atomic E-state index is -0.0646. The number of thiophene rings is 1. The lowest BCUT2D eigenvalue weighted by Crippen LogP contribution is -2.38. The maximum absolute atomic E-state index is 13.8. The molecule has 2 aromatic heterocycles. The average Bonchev–Trinajstić information content (AvgIpc) is 3.30. The number of rotatable bonds is 6. The van der Waals surface area contributed by atoms with Crippen LogP contribution in [0.3, 0.4) is 0 Å². The van der Waals surface area contributed by atoms with Gasteiger partial charge >= 0.3 is 0 Å². The molecule has 1 saturated heterocycles. The van der Waals surface area contributed by atoms with E-state index in [4.69, 9.17) is 4.98 Å². The number of likely N-dealkylation sites (tertiary alicyclic amines) is 1. The molecule has 0 atom stereocenters. The zero-order valence-corrected chi connectivity index (χ0v) is 20.1. The highest BCUT2D eigenvalue weighted by Gasteiger charge is 2.29. The summed E-state index contributed by atoms with van der Waals surface area (Å²) >= 11 is 1.53. The second kappa shape index (κ2) is 9.95. The van der Waals surface area contributed by atoms with Crippen molar-refractivity contribution in [2.24, 2.45) is 0 Å². The number of fused-ring (bicyclic) bond motifs is 1. The molecule has 5 rings (SSSR count). The van der Waals surface area contributed by atoms with Gasteiger partial charge in [-0.3, -0.25) is 9.78 Å². The minimum Gasteiger partial charge on any atom is -0.392 e. The summed E-state index contributed by atoms with van der Waals surface area (Å²) in [6, 6.07) is 20.8. The average molecular weight is 472 g/mol. The largest absolute Gasteiger partial charge is 0.392 e. The van der Waals surface area contributed by atoms with Crippen molar-refractivity contribution in [3.8, 4) is 0 Å². The van der Waals surface area contributed by atoms with Crippen molar-refractivity contribution in [3.05, 3.63) is 94.0 Å². The maximum Gasteiger partial charge on any atom is 0.257 e. The summed E-state index contributed by atoms with van der Waals surface area (Å²) in [5.74, 6) is 0.528. The standard InChI is InChI=1S/C28H29N3O2S/c1-19-24(28(33)31-14-12-22(13-15-31)21-10-6-3-7-11-21)26(29-16-20-8-4-2-5-9-20)27-25(30-19)23(17-32)18-34-27/h2-11,18,22,32H,12-17H2,1H3,(H,29,30). The molecule has 5 nitrogen and oxygen atoms in total. The van der Waals surface area contributed by atoms with E-state index in [9.17, 15) is 9.90 Å². The molecule has 174 valence electrons. The number of nitrogens with one attached hydrogen (secondary N) is 1. The molecule has 1 fully saturated rings. The number of carbonyl (C=O) groups excluding carboxylic acids is 1. The Morgan fingerprint density at radius 2 is 1.76 bits per heavy atom. The molecule has 0 radical (unpaired) electrons. The number of aliphatic hydroxyl groups is 1. The summed E-state index contributed by atoms with van der Waals surface area (Å²) in [5.41, 5.74) is 6.25. The molecule has 0 aliphatic carbocycles. The number of nitrogens with zero attached hydrogens (tertiary/aromatic N) is 2. The van der Waals surface area contributed by atoms with Gasteiger partial charge in [-0.25, -0.2) is 0 Å². The molecular formula is C28H29N3O2S. The molecule has 3 heterocycles. The van der Waals surface area contributed by atoms with Gasteiger partial charge in [0.05, 0.1) is 33.8 Å². The van der Waals surface area contributed by atoms with Gasteiger partial charge in [0.15, 0.2) is 0 Å². The molecule has 2 N–H and O–H groups in total. The summed E-state index contributed by atoms with van der Waals surface area (Å²) in [6.07, 6.45) is 1.93. The molecule has 1 amide bonds. The van der Waals surface area contributed by atoms with E-state index in [0.29, 0.717) is 23.7 Å². The molecular weight excluding hydrogens is 442 g/mol. The number of piperidine rings is 1. The van der Waals surface area contributed by atoms with Crippen molar-refractivity contribution >= 4 is 33.1 Å². The second-order valence-corrected chi connectivity index (χ2v) is 9.74. The second-order valence-electron chi connectivity index (χ2n) is 8.86. The predicted octanol–water partition coefficient (Wildman–Crippen LogP) is 5.73. The molecule has 1 aliphatic heterocycles. The van der Waals surface area contributed by atoms with Crippen molar-refractivity contribution in [3.63, 3.8) is 0 Å². The number of carbonyl (C=O) groups is 1. The van der Waals surface area contributed by atoms with E-state index in [1.807, 2.05) is 41.5 Å². The lowest BCUT2D eigenvalue weighted by atomic mass is 9.89. The van der Waals surface area contributed by atoms with E-state index < -0.39 is 0 Å². The zero-order valence-electron chi connectivity index (χ0n) is 19.3. The normalized spacial score (nSPS) is 14.5. The van der Waals surface area contributed by atoms with Crippen LogP contribution in [0.2, 0.25) is 0 Å². The van der Waals surface area contributed by atoms with Gasteiger partial charge in [-0.15, -0.1) is 11.3 Å². The number of pyridine rings is 1. The van der Waals surface area contributed by atoms with Crippen LogP contribution in [0, 0.1) is 6.92 Å². The molecule has 6 heteroatoms. The number of aryl methyl sites for hydroxylation is 1. The van der Waals surface area contributed by atoms with Crippen molar-refractivity contribution < 1.29 is 9.90 Å². The van der Waals surface area contributed by atoms with E-state index in [1.165, 1.54) is 16.9 Å². The number of aliphatic hydroxyl groups excluding tert-OH is 1. The Balaban J connectivity index is 1.44. The topological polar surface area (TPSA) is 65.5 Å². The third-order valence-electron chi connectivity index (χ3n) is 6.71. The minimum absolute atomic E-state index is 0.0351. The van der Waals surface area contributed by atoms with Crippen LogP contribution >= 0.6 is 11.3 Å². The van der Waals surface area contributed by atoms with Gasteiger partial charge in [0.25, 0.3) is 5.91 Å². The Bertz CT molecular complexity index is 1280. The Kier molecular flexibility index (Phi) is 6.61. The first-order valence-corrected chi connectivity index (χ1v) is 12.7. The fourth-order valence-corrected chi connectivity index (χ4v) is 5.86. The summed E-state index contributed by atoms with van der Waals surface area (Å²) in [4.78, 5) is 20.6. The summed E-state index contributed by atoms with van der Waals surface area (Å²) in [6.45, 7) is 3.92. The molecule has 34 heavy (non-hydrogen) atoms. The molecule has 4 aromatic rings. The van der Waals surface area contributed by atoms with E-state index in [0.717, 1.165) is 53.0 Å². The van der Waals surface area contributed by atoms with Gasteiger partial charge in [-0.2, -0.15) is 0 Å². The Morgan fingerprint density at radius 1 is 1.09 bits per heavy atom. The number of aromatic nitrogens is 1. The van der Waals surface area contributed by atoms with Gasteiger partial charge in [0.1, 0.15) is 0 Å². The van der Waals surface area contributed by atoms with Crippen LogP contribution in [0.1, 0.15) is 51.5 Å². The van der Waals surface area contributed by atoms with E-state index in [-0.39, 0.29) is 12.5 Å². The molecule has 1 aliphatic rings. The van der Waals surface area contributed by atoms with Crippen molar-refractivity contribution in [1.82, 2.24) is 9.88 Å². The number of hydrogen-bond acceptors (Lipinski definition) is 5. The van der Waals surface area contributed by atoms with Crippen LogP contribution in [-0.2, 0) is 13.2 Å². The first-order valence-electron chi connectivity index (χ1n) is 11.8. The Labute approximate surface area is 204 Å². The highest BCUT2D eigenvalue weighted by molar-refractivity contribution is 7.18. The van der Waals surface area contributed by atoms with Crippen LogP contribution in [0.4, 0.5) is 5.69 Å². The van der Waals surface area contributed by atoms with Crippen molar-refractivity contribution in [2.45, 2.75) is 38.8 Å². The first-order chi connectivity index (χ1) is 16.7. The van der Waals surface area contributed by atoms with Gasteiger partial charge in [-0.05, 0) is 42.2 Å². The smallest absolute Gasteiger partial charge is 0.257 e. The Morgan fingerprint density at radius 3 is 2.44 bits per heavy atom. The molecule has 0 spiro atoms. The van der Waals surface area contributed by atoms with Crippen molar-refractivity contribution in [1.29, 1.82) is 0 Å². The third kappa shape index (κ3) is 4.43. The lowest BCUT2D eigenvalue weighted by molar-refractivity contribution is 0.0713. The predicted molar refractivity (Wildman–Crippen MR) is 138 cm³/mol. The number of hydrogen-bond donors (Lipinski definition) is 2. The first kappa shape index (κ1) is 22.6. The molecule has 0 unspecified atom stereocenters. The maximum atomic E-state index is 13.8. The SMILES string of the molecule is Cc1nc2c(CO)csc2c(NCc2ccccc2)c1C(=O)N1CCC(c2ccccc2)CC1.